The molecule has 1 rings (SSSR count). The van der Waals surface area contributed by atoms with Crippen molar-refractivity contribution in [1.29, 1.82) is 0 Å². The topological polar surface area (TPSA) is 117 Å². The van der Waals surface area contributed by atoms with E-state index >= 15 is 0 Å². The molecule has 0 aliphatic heterocycles. The number of aliphatic carboxylic acids is 1. The van der Waals surface area contributed by atoms with Gasteiger partial charge in [-0.1, -0.05) is 0 Å². The molecule has 0 unspecified atom stereocenters. The van der Waals surface area contributed by atoms with Gasteiger partial charge in [-0.2, -0.15) is 0 Å². The number of nitrogens with one attached hydrogen (secondary N) is 1. The SMILES string of the molecule is Cc1oc(C(=O)NC(C)(C)CCC(=O)O)cc1S(=O)(=O)N(C)C. The van der Waals surface area contributed by atoms with Crippen molar-refractivity contribution in [2.24, 2.45) is 0 Å². The lowest BCUT2D eigenvalue weighted by Crippen LogP contribution is -2.43. The van der Waals surface area contributed by atoms with Gasteiger partial charge in [-0.05, 0) is 27.2 Å². The molecular weight excluding hydrogens is 324 g/mol. The summed E-state index contributed by atoms with van der Waals surface area (Å²) in [6.45, 7) is 4.82. The predicted octanol–water partition coefficient (Wildman–Crippen LogP) is 1.21. The molecule has 23 heavy (non-hydrogen) atoms. The summed E-state index contributed by atoms with van der Waals surface area (Å²) in [5.74, 6) is -1.57. The molecule has 0 aliphatic rings. The van der Waals surface area contributed by atoms with Gasteiger partial charge in [-0.3, -0.25) is 9.59 Å². The summed E-state index contributed by atoms with van der Waals surface area (Å²) in [4.78, 5) is 22.8. The zero-order valence-corrected chi connectivity index (χ0v) is 14.7. The quantitative estimate of drug-likeness (QED) is 0.766. The maximum absolute atomic E-state index is 12.2. The lowest BCUT2D eigenvalue weighted by atomic mass is 9.98. The number of rotatable bonds is 7. The highest BCUT2D eigenvalue weighted by Gasteiger charge is 2.28. The van der Waals surface area contributed by atoms with Crippen LogP contribution in [0.15, 0.2) is 15.4 Å². The number of carbonyl (C=O) groups excluding carboxylic acids is 1. The van der Waals surface area contributed by atoms with Crippen molar-refractivity contribution < 1.29 is 27.5 Å². The Kier molecular flexibility index (Phi) is 5.60. The number of carboxylic acids is 1. The molecule has 1 amide bonds. The van der Waals surface area contributed by atoms with E-state index in [4.69, 9.17) is 9.52 Å². The van der Waals surface area contributed by atoms with Crippen molar-refractivity contribution in [3.8, 4) is 0 Å². The van der Waals surface area contributed by atoms with E-state index < -0.39 is 27.4 Å². The van der Waals surface area contributed by atoms with Gasteiger partial charge in [-0.25, -0.2) is 12.7 Å². The van der Waals surface area contributed by atoms with Crippen LogP contribution in [-0.2, 0) is 14.8 Å². The summed E-state index contributed by atoms with van der Waals surface area (Å²) in [6, 6.07) is 1.17. The number of carbonyl (C=O) groups is 2. The number of furan rings is 1. The van der Waals surface area contributed by atoms with Gasteiger partial charge in [0.1, 0.15) is 10.7 Å². The van der Waals surface area contributed by atoms with Gasteiger partial charge in [0.15, 0.2) is 5.76 Å². The Labute approximate surface area is 135 Å². The van der Waals surface area contributed by atoms with Crippen molar-refractivity contribution in [3.05, 3.63) is 17.6 Å². The summed E-state index contributed by atoms with van der Waals surface area (Å²) in [6.07, 6.45) is 0.140. The molecule has 0 radical (unpaired) electrons. The molecule has 2 N–H and O–H groups in total. The van der Waals surface area contributed by atoms with Gasteiger partial charge in [0.05, 0.1) is 0 Å². The highest BCUT2D eigenvalue weighted by Crippen LogP contribution is 2.23. The fraction of sp³-hybridized carbons (Fsp3) is 0.571. The average Bonchev–Trinajstić information content (AvgIpc) is 2.79. The van der Waals surface area contributed by atoms with E-state index in [1.807, 2.05) is 0 Å². The zero-order valence-electron chi connectivity index (χ0n) is 13.8. The van der Waals surface area contributed by atoms with Gasteiger partial charge >= 0.3 is 5.97 Å². The first-order valence-corrected chi connectivity index (χ1v) is 8.38. The molecule has 9 heteroatoms. The highest BCUT2D eigenvalue weighted by atomic mass is 32.2. The number of hydrogen-bond donors (Lipinski definition) is 2. The summed E-state index contributed by atoms with van der Waals surface area (Å²) in [7, 11) is -0.933. The van der Waals surface area contributed by atoms with E-state index in [-0.39, 0.29) is 29.3 Å². The third kappa shape index (κ3) is 4.80. The van der Waals surface area contributed by atoms with Crippen LogP contribution in [0, 0.1) is 6.92 Å². The van der Waals surface area contributed by atoms with Crippen LogP contribution in [0.2, 0.25) is 0 Å². The molecule has 130 valence electrons. The van der Waals surface area contributed by atoms with Gasteiger partial charge in [0.2, 0.25) is 10.0 Å². The Bertz CT molecular complexity index is 703. The Morgan fingerprint density at radius 2 is 1.91 bits per heavy atom. The molecule has 1 aromatic rings. The van der Waals surface area contributed by atoms with Gasteiger partial charge in [0.25, 0.3) is 5.91 Å². The van der Waals surface area contributed by atoms with Crippen LogP contribution >= 0.6 is 0 Å². The number of amides is 1. The molecule has 0 saturated carbocycles. The number of sulfonamides is 1. The van der Waals surface area contributed by atoms with Crippen molar-refractivity contribution in [3.63, 3.8) is 0 Å². The Balaban J connectivity index is 2.97. The lowest BCUT2D eigenvalue weighted by Gasteiger charge is -2.24. The fourth-order valence-electron chi connectivity index (χ4n) is 1.88. The first-order chi connectivity index (χ1) is 10.4. The largest absolute Gasteiger partial charge is 0.481 e. The molecule has 0 spiro atoms. The summed E-state index contributed by atoms with van der Waals surface area (Å²) >= 11 is 0. The minimum absolute atomic E-state index is 0.0732. The van der Waals surface area contributed by atoms with Crippen molar-refractivity contribution in [2.75, 3.05) is 14.1 Å². The van der Waals surface area contributed by atoms with E-state index in [9.17, 15) is 18.0 Å². The van der Waals surface area contributed by atoms with E-state index in [1.165, 1.54) is 27.1 Å². The normalized spacial score (nSPS) is 12.4. The maximum atomic E-state index is 12.2. The predicted molar refractivity (Wildman–Crippen MR) is 82.7 cm³/mol. The molecule has 0 bridgehead atoms. The van der Waals surface area contributed by atoms with E-state index in [0.29, 0.717) is 0 Å². The third-order valence-electron chi connectivity index (χ3n) is 3.27. The van der Waals surface area contributed by atoms with Crippen LogP contribution in [0.3, 0.4) is 0 Å². The van der Waals surface area contributed by atoms with E-state index in [2.05, 4.69) is 5.32 Å². The smallest absolute Gasteiger partial charge is 0.303 e. The number of hydrogen-bond acceptors (Lipinski definition) is 5. The third-order valence-corrected chi connectivity index (χ3v) is 5.19. The molecule has 8 nitrogen and oxygen atoms in total. The minimum Gasteiger partial charge on any atom is -0.481 e. The number of aryl methyl sites for hydroxylation is 1. The van der Waals surface area contributed by atoms with Crippen LogP contribution in [-0.4, -0.2) is 49.3 Å². The van der Waals surface area contributed by atoms with Crippen LogP contribution < -0.4 is 5.32 Å². The molecule has 0 aromatic carbocycles. The Morgan fingerprint density at radius 3 is 2.39 bits per heavy atom. The fourth-order valence-corrected chi connectivity index (χ4v) is 2.94. The second kappa shape index (κ2) is 6.71. The standard InChI is InChI=1S/C14H22N2O6S/c1-9-11(23(20,21)16(4)5)8-10(22-9)13(19)15-14(2,3)7-6-12(17)18/h8H,6-7H2,1-5H3,(H,15,19)(H,17,18). The number of carboxylic acid groups (broad SMARTS) is 1. The van der Waals surface area contributed by atoms with Crippen LogP contribution in [0.5, 0.6) is 0 Å². The average molecular weight is 346 g/mol. The summed E-state index contributed by atoms with van der Waals surface area (Å²) in [5.41, 5.74) is -0.767. The molecule has 0 saturated heterocycles. The second-order valence-electron chi connectivity index (χ2n) is 6.05. The molecule has 0 atom stereocenters. The summed E-state index contributed by atoms with van der Waals surface area (Å²) < 4.78 is 30.5. The second-order valence-corrected chi connectivity index (χ2v) is 8.17. The first kappa shape index (κ1) is 19.2. The van der Waals surface area contributed by atoms with Crippen molar-refractivity contribution in [2.45, 2.75) is 44.0 Å². The monoisotopic (exact) mass is 346 g/mol. The van der Waals surface area contributed by atoms with Gasteiger partial charge in [0, 0.05) is 32.1 Å². The summed E-state index contributed by atoms with van der Waals surface area (Å²) in [5, 5.41) is 11.4. The Morgan fingerprint density at radius 1 is 1.35 bits per heavy atom. The highest BCUT2D eigenvalue weighted by molar-refractivity contribution is 7.89. The van der Waals surface area contributed by atoms with Crippen molar-refractivity contribution >= 4 is 21.9 Å². The van der Waals surface area contributed by atoms with E-state index in [0.717, 1.165) is 4.31 Å². The minimum atomic E-state index is -3.70. The maximum Gasteiger partial charge on any atom is 0.303 e. The van der Waals surface area contributed by atoms with E-state index in [1.54, 1.807) is 13.8 Å². The zero-order chi connectivity index (χ0) is 18.0. The van der Waals surface area contributed by atoms with Crippen molar-refractivity contribution in [1.82, 2.24) is 9.62 Å². The van der Waals surface area contributed by atoms with Crippen LogP contribution in [0.25, 0.3) is 0 Å². The first-order valence-electron chi connectivity index (χ1n) is 6.94. The van der Waals surface area contributed by atoms with Gasteiger partial charge in [-0.15, -0.1) is 0 Å². The van der Waals surface area contributed by atoms with Crippen LogP contribution in [0.4, 0.5) is 0 Å². The van der Waals surface area contributed by atoms with Gasteiger partial charge < -0.3 is 14.8 Å². The number of nitrogens with zero attached hydrogens (tertiary/aromatic N) is 1. The lowest BCUT2D eigenvalue weighted by molar-refractivity contribution is -0.137. The molecule has 1 heterocycles. The molecule has 0 fully saturated rings. The molecule has 1 aromatic heterocycles. The Hall–Kier alpha value is -1.87. The molecule has 0 aliphatic carbocycles. The van der Waals surface area contributed by atoms with Crippen LogP contribution in [0.1, 0.15) is 43.0 Å². The molecular formula is C14H22N2O6S.